The van der Waals surface area contributed by atoms with E-state index in [-0.39, 0.29) is 0 Å². The normalized spacial score (nSPS) is 10.4. The molecule has 6 heteroatoms. The van der Waals surface area contributed by atoms with Crippen LogP contribution in [0.5, 0.6) is 0 Å². The van der Waals surface area contributed by atoms with Gasteiger partial charge >= 0.3 is 0 Å². The molecule has 2 aromatic rings. The lowest BCUT2D eigenvalue weighted by atomic mass is 10.2. The van der Waals surface area contributed by atoms with Gasteiger partial charge in [-0.25, -0.2) is 0 Å². The highest BCUT2D eigenvalue weighted by Crippen LogP contribution is 2.12. The average molecular weight is 286 g/mol. The molecule has 0 saturated heterocycles. The Balaban J connectivity index is 2.02. The molecule has 0 aliphatic rings. The quantitative estimate of drug-likeness (QED) is 0.773. The molecular weight excluding hydrogens is 264 g/mol. The van der Waals surface area contributed by atoms with Gasteiger partial charge in [0.05, 0.1) is 6.20 Å². The van der Waals surface area contributed by atoms with Gasteiger partial charge in [0.2, 0.25) is 5.95 Å². The standard InChI is InChI=1S/C15H22N6/c1-4-21(5-2)14-12-17-19-15(18-14)20(3)11-8-13-6-9-16-10-7-13/h6-7,9-10,12H,4-5,8,11H2,1-3H3. The molecule has 0 aromatic carbocycles. The molecule has 112 valence electrons. The van der Waals surface area contributed by atoms with Crippen molar-refractivity contribution in [1.29, 1.82) is 0 Å². The van der Waals surface area contributed by atoms with E-state index in [1.165, 1.54) is 5.56 Å². The fourth-order valence-corrected chi connectivity index (χ4v) is 2.09. The van der Waals surface area contributed by atoms with Crippen LogP contribution < -0.4 is 9.80 Å². The summed E-state index contributed by atoms with van der Waals surface area (Å²) in [6.45, 7) is 6.88. The Hall–Kier alpha value is -2.24. The third-order valence-electron chi connectivity index (χ3n) is 3.45. The molecule has 0 N–H and O–H groups in total. The van der Waals surface area contributed by atoms with Crippen LogP contribution in [-0.4, -0.2) is 46.8 Å². The summed E-state index contributed by atoms with van der Waals surface area (Å²) in [6, 6.07) is 4.05. The second kappa shape index (κ2) is 7.52. The zero-order valence-electron chi connectivity index (χ0n) is 12.9. The average Bonchev–Trinajstić information content (AvgIpc) is 2.55. The lowest BCUT2D eigenvalue weighted by Crippen LogP contribution is -2.27. The number of rotatable bonds is 7. The Morgan fingerprint density at radius 1 is 1.10 bits per heavy atom. The lowest BCUT2D eigenvalue weighted by molar-refractivity contribution is 0.783. The minimum atomic E-state index is 0.661. The predicted molar refractivity (Wildman–Crippen MR) is 84.6 cm³/mol. The van der Waals surface area contributed by atoms with Gasteiger partial charge in [0.25, 0.3) is 0 Å². The van der Waals surface area contributed by atoms with Crippen LogP contribution in [-0.2, 0) is 6.42 Å². The maximum absolute atomic E-state index is 4.59. The molecule has 0 amide bonds. The van der Waals surface area contributed by atoms with Crippen LogP contribution in [0, 0.1) is 0 Å². The number of nitrogens with zero attached hydrogens (tertiary/aromatic N) is 6. The number of hydrogen-bond donors (Lipinski definition) is 0. The molecule has 2 rings (SSSR count). The zero-order chi connectivity index (χ0) is 15.1. The van der Waals surface area contributed by atoms with Crippen molar-refractivity contribution in [1.82, 2.24) is 20.2 Å². The third-order valence-corrected chi connectivity index (χ3v) is 3.45. The number of likely N-dealkylation sites (N-methyl/N-ethyl adjacent to an activating group) is 1. The Bertz CT molecular complexity index is 541. The van der Waals surface area contributed by atoms with Gasteiger partial charge in [-0.15, -0.1) is 5.10 Å². The van der Waals surface area contributed by atoms with E-state index in [1.807, 2.05) is 36.5 Å². The highest BCUT2D eigenvalue weighted by atomic mass is 15.3. The van der Waals surface area contributed by atoms with E-state index in [9.17, 15) is 0 Å². The smallest absolute Gasteiger partial charge is 0.247 e. The molecule has 0 bridgehead atoms. The molecule has 0 atom stereocenters. The van der Waals surface area contributed by atoms with Crippen LogP contribution in [0.25, 0.3) is 0 Å². The first-order valence-corrected chi connectivity index (χ1v) is 7.29. The number of aromatic nitrogens is 4. The van der Waals surface area contributed by atoms with Crippen molar-refractivity contribution in [3.05, 3.63) is 36.3 Å². The minimum absolute atomic E-state index is 0.661. The summed E-state index contributed by atoms with van der Waals surface area (Å²) in [5.41, 5.74) is 1.25. The third kappa shape index (κ3) is 4.11. The Labute approximate surface area is 125 Å². The summed E-state index contributed by atoms with van der Waals surface area (Å²) in [5.74, 6) is 1.54. The Morgan fingerprint density at radius 2 is 1.81 bits per heavy atom. The van der Waals surface area contributed by atoms with Gasteiger partial charge in [0.15, 0.2) is 5.82 Å². The van der Waals surface area contributed by atoms with Crippen molar-refractivity contribution in [2.45, 2.75) is 20.3 Å². The molecule has 2 aromatic heterocycles. The van der Waals surface area contributed by atoms with Crippen LogP contribution in [0.1, 0.15) is 19.4 Å². The zero-order valence-corrected chi connectivity index (χ0v) is 12.9. The van der Waals surface area contributed by atoms with Crippen LogP contribution in [0.3, 0.4) is 0 Å². The molecule has 0 spiro atoms. The van der Waals surface area contributed by atoms with Crippen LogP contribution in [0.2, 0.25) is 0 Å². The van der Waals surface area contributed by atoms with E-state index in [4.69, 9.17) is 0 Å². The fourth-order valence-electron chi connectivity index (χ4n) is 2.09. The molecule has 0 radical (unpaired) electrons. The fraction of sp³-hybridized carbons (Fsp3) is 0.467. The molecule has 2 heterocycles. The maximum Gasteiger partial charge on any atom is 0.247 e. The van der Waals surface area contributed by atoms with Crippen LogP contribution >= 0.6 is 0 Å². The predicted octanol–water partition coefficient (Wildman–Crippen LogP) is 1.79. The Morgan fingerprint density at radius 3 is 2.48 bits per heavy atom. The summed E-state index contributed by atoms with van der Waals surface area (Å²) in [4.78, 5) is 12.8. The second-order valence-electron chi connectivity index (χ2n) is 4.81. The van der Waals surface area contributed by atoms with E-state index < -0.39 is 0 Å². The molecule has 0 aliphatic heterocycles. The van der Waals surface area contributed by atoms with E-state index in [2.05, 4.69) is 38.9 Å². The molecule has 0 unspecified atom stereocenters. The van der Waals surface area contributed by atoms with E-state index >= 15 is 0 Å². The summed E-state index contributed by atoms with van der Waals surface area (Å²) in [5, 5.41) is 8.20. The van der Waals surface area contributed by atoms with Crippen molar-refractivity contribution in [3.63, 3.8) is 0 Å². The van der Waals surface area contributed by atoms with E-state index in [0.29, 0.717) is 5.95 Å². The second-order valence-corrected chi connectivity index (χ2v) is 4.81. The largest absolute Gasteiger partial charge is 0.356 e. The minimum Gasteiger partial charge on any atom is -0.356 e. The highest BCUT2D eigenvalue weighted by molar-refractivity contribution is 5.41. The van der Waals surface area contributed by atoms with Crippen LogP contribution in [0.4, 0.5) is 11.8 Å². The van der Waals surface area contributed by atoms with Crippen molar-refractivity contribution in [3.8, 4) is 0 Å². The molecule has 0 saturated carbocycles. The van der Waals surface area contributed by atoms with Gasteiger partial charge in [-0.3, -0.25) is 4.98 Å². The SMILES string of the molecule is CCN(CC)c1cnnc(N(C)CCc2ccncc2)n1. The van der Waals surface area contributed by atoms with Gasteiger partial charge in [-0.1, -0.05) is 0 Å². The maximum atomic E-state index is 4.59. The molecular formula is C15H22N6. The highest BCUT2D eigenvalue weighted by Gasteiger charge is 2.09. The topological polar surface area (TPSA) is 58.0 Å². The van der Waals surface area contributed by atoms with Gasteiger partial charge in [0.1, 0.15) is 0 Å². The van der Waals surface area contributed by atoms with Gasteiger partial charge < -0.3 is 9.80 Å². The van der Waals surface area contributed by atoms with E-state index in [1.54, 1.807) is 6.20 Å². The number of anilines is 2. The van der Waals surface area contributed by atoms with Crippen molar-refractivity contribution in [2.75, 3.05) is 36.5 Å². The van der Waals surface area contributed by atoms with Crippen molar-refractivity contribution >= 4 is 11.8 Å². The first-order chi connectivity index (χ1) is 10.2. The Kier molecular flexibility index (Phi) is 5.43. The monoisotopic (exact) mass is 286 g/mol. The number of hydrogen-bond acceptors (Lipinski definition) is 6. The molecule has 0 aliphatic carbocycles. The van der Waals surface area contributed by atoms with Gasteiger partial charge in [-0.2, -0.15) is 10.1 Å². The van der Waals surface area contributed by atoms with Gasteiger partial charge in [-0.05, 0) is 38.0 Å². The molecule has 21 heavy (non-hydrogen) atoms. The summed E-state index contributed by atoms with van der Waals surface area (Å²) < 4.78 is 0. The summed E-state index contributed by atoms with van der Waals surface area (Å²) in [7, 11) is 1.99. The lowest BCUT2D eigenvalue weighted by Gasteiger charge is -2.21. The number of pyridine rings is 1. The molecule has 0 fully saturated rings. The molecule has 6 nitrogen and oxygen atoms in total. The van der Waals surface area contributed by atoms with Crippen molar-refractivity contribution < 1.29 is 0 Å². The summed E-state index contributed by atoms with van der Waals surface area (Å²) >= 11 is 0. The van der Waals surface area contributed by atoms with Gasteiger partial charge in [0, 0.05) is 39.1 Å². The summed E-state index contributed by atoms with van der Waals surface area (Å²) in [6.07, 6.45) is 6.27. The van der Waals surface area contributed by atoms with Crippen molar-refractivity contribution in [2.24, 2.45) is 0 Å². The first-order valence-electron chi connectivity index (χ1n) is 7.29. The first kappa shape index (κ1) is 15.2. The van der Waals surface area contributed by atoms with Crippen LogP contribution in [0.15, 0.2) is 30.7 Å². The van der Waals surface area contributed by atoms with E-state index in [0.717, 1.165) is 31.9 Å².